The molecule has 1 aromatic rings. The first kappa shape index (κ1) is 19.1. The number of fused-ring (bicyclic) bond motifs is 1. The second kappa shape index (κ2) is 7.94. The highest BCUT2D eigenvalue weighted by atomic mass is 16.5. The van der Waals surface area contributed by atoms with Gasteiger partial charge in [-0.3, -0.25) is 14.3 Å². The maximum atomic E-state index is 13.2. The number of rotatable bonds is 5. The highest BCUT2D eigenvalue weighted by Crippen LogP contribution is 2.33. The van der Waals surface area contributed by atoms with E-state index in [9.17, 15) is 14.4 Å². The van der Waals surface area contributed by atoms with Crippen LogP contribution in [0.4, 0.5) is 0 Å². The maximum absolute atomic E-state index is 13.2. The number of likely N-dealkylation sites (tertiary alicyclic amines) is 1. The zero-order valence-electron chi connectivity index (χ0n) is 16.1. The number of Topliss-reactive ketones (excluding diaryl/α,β-unsaturated/α-hetero) is 1. The van der Waals surface area contributed by atoms with Crippen LogP contribution in [0.25, 0.3) is 0 Å². The van der Waals surface area contributed by atoms with Gasteiger partial charge in [-0.1, -0.05) is 0 Å². The number of amides is 1. The third-order valence-corrected chi connectivity index (χ3v) is 5.04. The van der Waals surface area contributed by atoms with Crippen molar-refractivity contribution in [3.05, 3.63) is 28.7 Å². The van der Waals surface area contributed by atoms with Gasteiger partial charge >= 0.3 is 5.97 Å². The summed E-state index contributed by atoms with van der Waals surface area (Å²) >= 11 is 0. The number of allylic oxidation sites excluding steroid dienone is 1. The van der Waals surface area contributed by atoms with Gasteiger partial charge in [-0.15, -0.1) is 0 Å². The first-order valence-corrected chi connectivity index (χ1v) is 9.35. The summed E-state index contributed by atoms with van der Waals surface area (Å²) in [4.78, 5) is 40.1. The molecule has 0 saturated carbocycles. The molecule has 0 bridgehead atoms. The number of carbonyl (C=O) groups excluding carboxylic acids is 3. The molecule has 1 aliphatic heterocycles. The molecule has 2 aliphatic rings. The lowest BCUT2D eigenvalue weighted by Gasteiger charge is -2.30. The fourth-order valence-electron chi connectivity index (χ4n) is 3.77. The van der Waals surface area contributed by atoms with Crippen LogP contribution in [0.3, 0.4) is 0 Å². The minimum atomic E-state index is -0.481. The Kier molecular flexibility index (Phi) is 5.62. The van der Waals surface area contributed by atoms with Gasteiger partial charge in [-0.2, -0.15) is 5.10 Å². The number of carbonyl (C=O) groups is 3. The predicted molar refractivity (Wildman–Crippen MR) is 98.5 cm³/mol. The molecule has 8 heteroatoms. The number of aromatic nitrogens is 2. The summed E-state index contributed by atoms with van der Waals surface area (Å²) in [6.45, 7) is 3.25. The molecular formula is C19H26N4O4. The quantitative estimate of drug-likeness (QED) is 0.440. The molecule has 1 amide bonds. The SMILES string of the molecule is CCOC(=O)c1nn(C2CCN(C=O)CC2)c2c1CC/C(=C/N(C)C)C2=O. The molecule has 0 radical (unpaired) electrons. The Morgan fingerprint density at radius 2 is 2.00 bits per heavy atom. The van der Waals surface area contributed by atoms with E-state index >= 15 is 0 Å². The van der Waals surface area contributed by atoms with Crippen molar-refractivity contribution in [1.82, 2.24) is 19.6 Å². The molecule has 0 atom stereocenters. The summed E-state index contributed by atoms with van der Waals surface area (Å²) in [5.74, 6) is -0.559. The van der Waals surface area contributed by atoms with Crippen LogP contribution >= 0.6 is 0 Å². The highest BCUT2D eigenvalue weighted by Gasteiger charge is 2.35. The van der Waals surface area contributed by atoms with Gasteiger partial charge in [-0.05, 0) is 32.6 Å². The van der Waals surface area contributed by atoms with E-state index in [-0.39, 0.29) is 24.1 Å². The Balaban J connectivity index is 2.02. The Labute approximate surface area is 158 Å². The van der Waals surface area contributed by atoms with E-state index in [1.165, 1.54) is 0 Å². The molecule has 146 valence electrons. The van der Waals surface area contributed by atoms with Gasteiger partial charge in [-0.25, -0.2) is 4.79 Å². The summed E-state index contributed by atoms with van der Waals surface area (Å²) in [5, 5.41) is 4.52. The van der Waals surface area contributed by atoms with Gasteiger partial charge in [0.1, 0.15) is 5.69 Å². The molecular weight excluding hydrogens is 348 g/mol. The number of ether oxygens (including phenoxy) is 1. The van der Waals surface area contributed by atoms with Crippen LogP contribution in [0, 0.1) is 0 Å². The number of esters is 1. The Morgan fingerprint density at radius 3 is 2.59 bits per heavy atom. The first-order valence-electron chi connectivity index (χ1n) is 9.35. The van der Waals surface area contributed by atoms with Crippen molar-refractivity contribution in [2.45, 2.75) is 38.6 Å². The van der Waals surface area contributed by atoms with Crippen LogP contribution < -0.4 is 0 Å². The van der Waals surface area contributed by atoms with E-state index < -0.39 is 5.97 Å². The molecule has 0 spiro atoms. The highest BCUT2D eigenvalue weighted by molar-refractivity contribution is 6.11. The van der Waals surface area contributed by atoms with Crippen molar-refractivity contribution >= 4 is 18.2 Å². The molecule has 27 heavy (non-hydrogen) atoms. The van der Waals surface area contributed by atoms with Crippen LogP contribution in [-0.2, 0) is 16.0 Å². The van der Waals surface area contributed by atoms with Crippen molar-refractivity contribution < 1.29 is 19.1 Å². The fraction of sp³-hybridized carbons (Fsp3) is 0.579. The van der Waals surface area contributed by atoms with Crippen molar-refractivity contribution in [3.8, 4) is 0 Å². The van der Waals surface area contributed by atoms with Gasteiger partial charge < -0.3 is 14.5 Å². The molecule has 1 saturated heterocycles. The molecule has 1 fully saturated rings. The zero-order chi connectivity index (χ0) is 19.6. The lowest BCUT2D eigenvalue weighted by molar-refractivity contribution is -0.119. The van der Waals surface area contributed by atoms with E-state index in [1.54, 1.807) is 16.5 Å². The normalized spacial score (nSPS) is 19.1. The minimum Gasteiger partial charge on any atom is -0.461 e. The fourth-order valence-corrected chi connectivity index (χ4v) is 3.77. The lowest BCUT2D eigenvalue weighted by Crippen LogP contribution is -2.35. The van der Waals surface area contributed by atoms with Gasteiger partial charge in [0.15, 0.2) is 5.69 Å². The average Bonchev–Trinajstić information content (AvgIpc) is 3.04. The van der Waals surface area contributed by atoms with Crippen LogP contribution in [-0.4, -0.2) is 71.5 Å². The monoisotopic (exact) mass is 374 g/mol. The van der Waals surface area contributed by atoms with Gasteiger partial charge in [0.2, 0.25) is 12.2 Å². The lowest BCUT2D eigenvalue weighted by atomic mass is 9.90. The Morgan fingerprint density at radius 1 is 1.30 bits per heavy atom. The van der Waals surface area contributed by atoms with E-state index in [4.69, 9.17) is 4.74 Å². The van der Waals surface area contributed by atoms with E-state index in [1.807, 2.05) is 25.2 Å². The minimum absolute atomic E-state index is 0.0132. The summed E-state index contributed by atoms with van der Waals surface area (Å²) in [6, 6.07) is -0.0132. The summed E-state index contributed by atoms with van der Waals surface area (Å²) < 4.78 is 6.87. The molecule has 1 aromatic heterocycles. The number of hydrogen-bond acceptors (Lipinski definition) is 6. The van der Waals surface area contributed by atoms with Gasteiger partial charge in [0.25, 0.3) is 0 Å². The van der Waals surface area contributed by atoms with Crippen molar-refractivity contribution in [1.29, 1.82) is 0 Å². The predicted octanol–water partition coefficient (Wildman–Crippen LogP) is 1.43. The van der Waals surface area contributed by atoms with Crippen LogP contribution in [0.1, 0.15) is 58.8 Å². The van der Waals surface area contributed by atoms with Gasteiger partial charge in [0, 0.05) is 44.5 Å². The first-order chi connectivity index (χ1) is 13.0. The second-order valence-corrected chi connectivity index (χ2v) is 7.16. The summed E-state index contributed by atoms with van der Waals surface area (Å²) in [5.41, 5.74) is 2.16. The Hall–Kier alpha value is -2.64. The van der Waals surface area contributed by atoms with E-state index in [0.717, 1.165) is 12.0 Å². The molecule has 0 aromatic carbocycles. The molecule has 3 rings (SSSR count). The summed E-state index contributed by atoms with van der Waals surface area (Å²) in [7, 11) is 3.76. The second-order valence-electron chi connectivity index (χ2n) is 7.16. The zero-order valence-corrected chi connectivity index (χ0v) is 16.1. The number of hydrogen-bond donors (Lipinski definition) is 0. The van der Waals surface area contributed by atoms with E-state index in [2.05, 4.69) is 5.10 Å². The maximum Gasteiger partial charge on any atom is 0.359 e. The topological polar surface area (TPSA) is 84.7 Å². The standard InChI is InChI=1S/C19H26N4O4/c1-4-27-19(26)16-15-6-5-13(11-21(2)3)18(25)17(15)23(20-16)14-7-9-22(12-24)10-8-14/h11-12,14H,4-10H2,1-3H3/b13-11-. The van der Waals surface area contributed by atoms with Crippen molar-refractivity contribution in [3.63, 3.8) is 0 Å². The molecule has 1 aliphatic carbocycles. The van der Waals surface area contributed by atoms with Gasteiger partial charge in [0.05, 0.1) is 12.6 Å². The molecule has 0 unspecified atom stereocenters. The molecule has 0 N–H and O–H groups in total. The van der Waals surface area contributed by atoms with Crippen LogP contribution in [0.5, 0.6) is 0 Å². The summed E-state index contributed by atoms with van der Waals surface area (Å²) in [6.07, 6.45) is 5.25. The van der Waals surface area contributed by atoms with Crippen LogP contribution in [0.15, 0.2) is 11.8 Å². The molecule has 8 nitrogen and oxygen atoms in total. The largest absolute Gasteiger partial charge is 0.461 e. The number of piperidine rings is 1. The number of ketones is 1. The van der Waals surface area contributed by atoms with Crippen molar-refractivity contribution in [2.75, 3.05) is 33.8 Å². The molecule has 2 heterocycles. The number of nitrogens with zero attached hydrogens (tertiary/aromatic N) is 4. The smallest absolute Gasteiger partial charge is 0.359 e. The van der Waals surface area contributed by atoms with E-state index in [0.29, 0.717) is 50.0 Å². The average molecular weight is 374 g/mol. The third kappa shape index (κ3) is 3.74. The van der Waals surface area contributed by atoms with Crippen molar-refractivity contribution in [2.24, 2.45) is 0 Å². The van der Waals surface area contributed by atoms with Crippen LogP contribution in [0.2, 0.25) is 0 Å². The Bertz CT molecular complexity index is 773. The third-order valence-electron chi connectivity index (χ3n) is 5.04.